The number of thioether (sulfide) groups is 1. The van der Waals surface area contributed by atoms with E-state index in [1.807, 2.05) is 31.2 Å². The van der Waals surface area contributed by atoms with Gasteiger partial charge in [0.2, 0.25) is 0 Å². The standard InChI is InChI=1S/C10H15O3PS/c1-8-4-6-9(7-5-8)15-10(2,3)13-14(11)12/h4-7,14H,1-3H3,(H,11,12). The van der Waals surface area contributed by atoms with Crippen LogP contribution < -0.4 is 0 Å². The molecule has 0 saturated heterocycles. The zero-order valence-corrected chi connectivity index (χ0v) is 10.8. The summed E-state index contributed by atoms with van der Waals surface area (Å²) in [7, 11) is -2.89. The van der Waals surface area contributed by atoms with E-state index in [-0.39, 0.29) is 0 Å². The van der Waals surface area contributed by atoms with Crippen molar-refractivity contribution in [3.63, 3.8) is 0 Å². The molecule has 0 amide bonds. The summed E-state index contributed by atoms with van der Waals surface area (Å²) >= 11 is 1.43. The zero-order valence-electron chi connectivity index (χ0n) is 8.98. The van der Waals surface area contributed by atoms with Crippen LogP contribution in [0.5, 0.6) is 0 Å². The highest BCUT2D eigenvalue weighted by molar-refractivity contribution is 8.00. The smallest absolute Gasteiger partial charge is 0.317 e. The summed E-state index contributed by atoms with van der Waals surface area (Å²) in [6.45, 7) is 5.56. The third kappa shape index (κ3) is 4.85. The topological polar surface area (TPSA) is 46.5 Å². The molecular formula is C10H15O3PS. The molecule has 0 heterocycles. The van der Waals surface area contributed by atoms with E-state index < -0.39 is 13.2 Å². The molecule has 0 saturated carbocycles. The summed E-state index contributed by atoms with van der Waals surface area (Å²) in [5.41, 5.74) is 1.19. The van der Waals surface area contributed by atoms with Crippen molar-refractivity contribution in [2.75, 3.05) is 0 Å². The van der Waals surface area contributed by atoms with E-state index >= 15 is 0 Å². The first kappa shape index (κ1) is 12.8. The van der Waals surface area contributed by atoms with Crippen molar-refractivity contribution in [1.29, 1.82) is 0 Å². The van der Waals surface area contributed by atoms with Gasteiger partial charge in [0, 0.05) is 4.90 Å². The molecule has 1 rings (SSSR count). The molecule has 0 spiro atoms. The van der Waals surface area contributed by atoms with Gasteiger partial charge in [0.15, 0.2) is 0 Å². The Morgan fingerprint density at radius 1 is 1.33 bits per heavy atom. The predicted molar refractivity (Wildman–Crippen MR) is 63.4 cm³/mol. The van der Waals surface area contributed by atoms with Crippen LogP contribution in [0.4, 0.5) is 0 Å². The maximum atomic E-state index is 10.6. The van der Waals surface area contributed by atoms with Gasteiger partial charge in [-0.05, 0) is 32.9 Å². The molecule has 84 valence electrons. The number of hydrogen-bond acceptors (Lipinski definition) is 3. The minimum atomic E-state index is -2.89. The second kappa shape index (κ2) is 5.17. The lowest BCUT2D eigenvalue weighted by Gasteiger charge is -2.22. The van der Waals surface area contributed by atoms with Gasteiger partial charge in [-0.1, -0.05) is 29.5 Å². The normalized spacial score (nSPS) is 13.9. The minimum absolute atomic E-state index is 0.681. The molecule has 5 heteroatoms. The summed E-state index contributed by atoms with van der Waals surface area (Å²) in [5.74, 6) is 0. The van der Waals surface area contributed by atoms with E-state index in [2.05, 4.69) is 0 Å². The lowest BCUT2D eigenvalue weighted by Crippen LogP contribution is -2.15. The van der Waals surface area contributed by atoms with E-state index in [0.29, 0.717) is 0 Å². The fraction of sp³-hybridized carbons (Fsp3) is 0.400. The molecule has 0 aliphatic heterocycles. The van der Waals surface area contributed by atoms with Crippen LogP contribution in [0.25, 0.3) is 0 Å². The van der Waals surface area contributed by atoms with E-state index in [1.165, 1.54) is 17.3 Å². The van der Waals surface area contributed by atoms with Crippen LogP contribution in [0.3, 0.4) is 0 Å². The molecule has 0 fully saturated rings. The average Bonchev–Trinajstić information content (AvgIpc) is 2.06. The highest BCUT2D eigenvalue weighted by Crippen LogP contribution is 2.39. The molecule has 1 unspecified atom stereocenters. The summed E-state index contributed by atoms with van der Waals surface area (Å²) < 4.78 is 15.5. The van der Waals surface area contributed by atoms with Crippen LogP contribution in [-0.4, -0.2) is 9.83 Å². The maximum absolute atomic E-state index is 10.6. The summed E-state index contributed by atoms with van der Waals surface area (Å²) in [6.07, 6.45) is 0. The van der Waals surface area contributed by atoms with Gasteiger partial charge in [0.05, 0.1) is 0 Å². The molecule has 1 aromatic carbocycles. The van der Waals surface area contributed by atoms with E-state index in [1.54, 1.807) is 13.8 Å². The van der Waals surface area contributed by atoms with Crippen LogP contribution in [0.1, 0.15) is 19.4 Å². The number of aryl methyl sites for hydroxylation is 1. The van der Waals surface area contributed by atoms with Gasteiger partial charge in [-0.15, -0.1) is 0 Å². The zero-order chi connectivity index (χ0) is 11.5. The van der Waals surface area contributed by atoms with Gasteiger partial charge < -0.3 is 4.89 Å². The van der Waals surface area contributed by atoms with Crippen LogP contribution in [0.2, 0.25) is 0 Å². The molecule has 0 aliphatic carbocycles. The lowest BCUT2D eigenvalue weighted by molar-refractivity contribution is 0.192. The van der Waals surface area contributed by atoms with Gasteiger partial charge in [-0.3, -0.25) is 9.09 Å². The van der Waals surface area contributed by atoms with E-state index in [9.17, 15) is 4.57 Å². The predicted octanol–water partition coefficient (Wildman–Crippen LogP) is 3.22. The third-order valence-electron chi connectivity index (χ3n) is 1.72. The Morgan fingerprint density at radius 2 is 1.87 bits per heavy atom. The Balaban J connectivity index is 2.68. The first-order chi connectivity index (χ1) is 6.89. The van der Waals surface area contributed by atoms with Crippen LogP contribution in [0, 0.1) is 6.92 Å². The van der Waals surface area contributed by atoms with Crippen LogP contribution in [0.15, 0.2) is 29.2 Å². The van der Waals surface area contributed by atoms with Crippen LogP contribution in [-0.2, 0) is 9.09 Å². The molecule has 3 nitrogen and oxygen atoms in total. The van der Waals surface area contributed by atoms with Crippen molar-refractivity contribution in [3.05, 3.63) is 29.8 Å². The summed E-state index contributed by atoms with van der Waals surface area (Å²) in [5, 5.41) is 0. The molecule has 15 heavy (non-hydrogen) atoms. The quantitative estimate of drug-likeness (QED) is 0.503. The first-order valence-electron chi connectivity index (χ1n) is 4.57. The van der Waals surface area contributed by atoms with Crippen molar-refractivity contribution in [2.45, 2.75) is 30.6 Å². The molecular weight excluding hydrogens is 231 g/mol. The Bertz CT molecular complexity index is 348. The Labute approximate surface area is 94.8 Å². The van der Waals surface area contributed by atoms with Gasteiger partial charge in [-0.25, -0.2) is 0 Å². The lowest BCUT2D eigenvalue weighted by atomic mass is 10.2. The average molecular weight is 246 g/mol. The summed E-state index contributed by atoms with van der Waals surface area (Å²) in [4.78, 5) is 9.06. The fourth-order valence-electron chi connectivity index (χ4n) is 1.12. The monoisotopic (exact) mass is 246 g/mol. The van der Waals surface area contributed by atoms with Crippen molar-refractivity contribution in [2.24, 2.45) is 0 Å². The summed E-state index contributed by atoms with van der Waals surface area (Å²) in [6, 6.07) is 7.94. The molecule has 0 aliphatic rings. The highest BCUT2D eigenvalue weighted by atomic mass is 32.2. The van der Waals surface area contributed by atoms with Gasteiger partial charge in [-0.2, -0.15) is 0 Å². The Kier molecular flexibility index (Phi) is 4.41. The molecule has 0 bridgehead atoms. The number of benzene rings is 1. The van der Waals surface area contributed by atoms with E-state index in [4.69, 9.17) is 9.42 Å². The second-order valence-corrected chi connectivity index (χ2v) is 6.08. The maximum Gasteiger partial charge on any atom is 0.317 e. The van der Waals surface area contributed by atoms with Crippen molar-refractivity contribution >= 4 is 20.0 Å². The van der Waals surface area contributed by atoms with Gasteiger partial charge in [0.25, 0.3) is 0 Å². The Morgan fingerprint density at radius 3 is 2.33 bits per heavy atom. The third-order valence-corrected chi connectivity index (χ3v) is 3.63. The molecule has 1 N–H and O–H groups in total. The largest absolute Gasteiger partial charge is 0.326 e. The van der Waals surface area contributed by atoms with E-state index in [0.717, 1.165) is 4.90 Å². The van der Waals surface area contributed by atoms with Crippen LogP contribution >= 0.6 is 20.0 Å². The highest BCUT2D eigenvalue weighted by Gasteiger charge is 2.22. The van der Waals surface area contributed by atoms with Crippen molar-refractivity contribution in [1.82, 2.24) is 0 Å². The molecule has 1 atom stereocenters. The van der Waals surface area contributed by atoms with Gasteiger partial charge in [0.1, 0.15) is 4.93 Å². The van der Waals surface area contributed by atoms with Crippen molar-refractivity contribution < 1.29 is 14.0 Å². The SMILES string of the molecule is Cc1ccc(SC(C)(C)O[PH](=O)O)cc1. The number of hydrogen-bond donors (Lipinski definition) is 1. The minimum Gasteiger partial charge on any atom is -0.326 e. The fourth-order valence-corrected chi connectivity index (χ4v) is 2.76. The molecule has 1 aromatic rings. The first-order valence-corrected chi connectivity index (χ1v) is 6.65. The number of rotatable bonds is 4. The molecule has 0 radical (unpaired) electrons. The van der Waals surface area contributed by atoms with Crippen molar-refractivity contribution in [3.8, 4) is 0 Å². The molecule has 0 aromatic heterocycles. The Hall–Kier alpha value is -0.280. The van der Waals surface area contributed by atoms with Gasteiger partial charge >= 0.3 is 8.25 Å². The second-order valence-electron chi connectivity index (χ2n) is 3.68.